The van der Waals surface area contributed by atoms with Gasteiger partial charge in [-0.1, -0.05) is 13.3 Å². The lowest BCUT2D eigenvalue weighted by atomic mass is 10.0. The van der Waals surface area contributed by atoms with Crippen LogP contribution in [0.4, 0.5) is 4.79 Å². The van der Waals surface area contributed by atoms with Crippen LogP contribution in [-0.4, -0.2) is 66.3 Å². The highest BCUT2D eigenvalue weighted by molar-refractivity contribution is 5.77. The van der Waals surface area contributed by atoms with E-state index in [9.17, 15) is 9.59 Å². The summed E-state index contributed by atoms with van der Waals surface area (Å²) >= 11 is 0. The molecule has 0 aromatic rings. The van der Waals surface area contributed by atoms with Crippen LogP contribution in [0.5, 0.6) is 0 Å². The first-order valence-corrected chi connectivity index (χ1v) is 6.85. The van der Waals surface area contributed by atoms with Crippen LogP contribution < -0.4 is 0 Å². The van der Waals surface area contributed by atoms with Gasteiger partial charge in [-0.2, -0.15) is 0 Å². The van der Waals surface area contributed by atoms with Gasteiger partial charge in [-0.15, -0.1) is 0 Å². The molecular formula is C13H24N2O4. The first kappa shape index (κ1) is 15.8. The lowest BCUT2D eigenvalue weighted by Crippen LogP contribution is -2.50. The second kappa shape index (κ2) is 7.33. The molecule has 2 unspecified atom stereocenters. The highest BCUT2D eigenvalue weighted by Gasteiger charge is 2.39. The fourth-order valence-corrected chi connectivity index (χ4v) is 2.26. The summed E-state index contributed by atoms with van der Waals surface area (Å²) in [6, 6.07) is -0.488. The maximum atomic E-state index is 12.3. The van der Waals surface area contributed by atoms with Crippen LogP contribution in [0.25, 0.3) is 0 Å². The van der Waals surface area contributed by atoms with Gasteiger partial charge in [0.1, 0.15) is 5.92 Å². The van der Waals surface area contributed by atoms with Gasteiger partial charge in [0.25, 0.3) is 0 Å². The van der Waals surface area contributed by atoms with Gasteiger partial charge in [0, 0.05) is 20.1 Å². The average Bonchev–Trinajstić information content (AvgIpc) is 2.87. The van der Waals surface area contributed by atoms with Gasteiger partial charge in [0.05, 0.1) is 19.3 Å². The molecule has 1 aliphatic rings. The maximum absolute atomic E-state index is 12.3. The normalized spacial score (nSPS) is 22.3. The van der Waals surface area contributed by atoms with Crippen molar-refractivity contribution in [3.63, 3.8) is 0 Å². The largest absolute Gasteiger partial charge is 0.481 e. The number of rotatable bonds is 6. The Hall–Kier alpha value is -1.30. The second-order valence-electron chi connectivity index (χ2n) is 4.88. The predicted octanol–water partition coefficient (Wildman–Crippen LogP) is 1.26. The minimum atomic E-state index is -0.904. The van der Waals surface area contributed by atoms with E-state index in [0.29, 0.717) is 19.7 Å². The van der Waals surface area contributed by atoms with Crippen molar-refractivity contribution >= 4 is 12.0 Å². The molecule has 0 spiro atoms. The molecule has 0 saturated carbocycles. The number of nitrogens with zero attached hydrogens (tertiary/aromatic N) is 2. The molecule has 0 bridgehead atoms. The van der Waals surface area contributed by atoms with Crippen molar-refractivity contribution < 1.29 is 19.4 Å². The summed E-state index contributed by atoms with van der Waals surface area (Å²) in [5.41, 5.74) is 0. The van der Waals surface area contributed by atoms with Crippen molar-refractivity contribution in [3.05, 3.63) is 0 Å². The van der Waals surface area contributed by atoms with E-state index in [2.05, 4.69) is 6.92 Å². The van der Waals surface area contributed by atoms with Crippen LogP contribution in [0.3, 0.4) is 0 Å². The Bertz CT molecular complexity index is 322. The SMILES string of the molecule is CCCCN(CC)C(=O)N(C)C1COCC1C(=O)O. The molecule has 1 aliphatic heterocycles. The summed E-state index contributed by atoms with van der Waals surface area (Å²) in [6.07, 6.45) is 1.98. The zero-order valence-corrected chi connectivity index (χ0v) is 12.0. The number of carbonyl (C=O) groups is 2. The summed E-state index contributed by atoms with van der Waals surface area (Å²) in [4.78, 5) is 26.7. The number of hydrogen-bond acceptors (Lipinski definition) is 3. The van der Waals surface area contributed by atoms with E-state index in [1.54, 1.807) is 11.9 Å². The number of ether oxygens (including phenoxy) is 1. The Morgan fingerprint density at radius 1 is 1.32 bits per heavy atom. The maximum Gasteiger partial charge on any atom is 0.320 e. The van der Waals surface area contributed by atoms with Gasteiger partial charge in [-0.25, -0.2) is 4.79 Å². The number of unbranched alkanes of at least 4 members (excludes halogenated alkanes) is 1. The first-order chi connectivity index (χ1) is 9.02. The first-order valence-electron chi connectivity index (χ1n) is 6.85. The Labute approximate surface area is 114 Å². The molecular weight excluding hydrogens is 248 g/mol. The Balaban J connectivity index is 2.66. The van der Waals surface area contributed by atoms with Gasteiger partial charge in [-0.05, 0) is 13.3 Å². The molecule has 2 atom stereocenters. The summed E-state index contributed by atoms with van der Waals surface area (Å²) in [5, 5.41) is 9.12. The van der Waals surface area contributed by atoms with Gasteiger partial charge < -0.3 is 19.6 Å². The topological polar surface area (TPSA) is 70.1 Å². The molecule has 0 aliphatic carbocycles. The van der Waals surface area contributed by atoms with Crippen molar-refractivity contribution in [2.75, 3.05) is 33.4 Å². The van der Waals surface area contributed by atoms with E-state index in [1.807, 2.05) is 6.92 Å². The third-order valence-electron chi connectivity index (χ3n) is 3.60. The van der Waals surface area contributed by atoms with Gasteiger partial charge in [0.15, 0.2) is 0 Å². The van der Waals surface area contributed by atoms with Crippen LogP contribution in [0, 0.1) is 5.92 Å². The molecule has 2 amide bonds. The summed E-state index contributed by atoms with van der Waals surface area (Å²) in [5.74, 6) is -1.53. The number of aliphatic carboxylic acids is 1. The average molecular weight is 272 g/mol. The van der Waals surface area contributed by atoms with Crippen molar-refractivity contribution in [1.29, 1.82) is 0 Å². The van der Waals surface area contributed by atoms with E-state index >= 15 is 0 Å². The Morgan fingerprint density at radius 2 is 2.00 bits per heavy atom. The molecule has 1 saturated heterocycles. The lowest BCUT2D eigenvalue weighted by molar-refractivity contribution is -0.142. The summed E-state index contributed by atoms with van der Waals surface area (Å²) in [7, 11) is 1.66. The molecule has 0 radical (unpaired) electrons. The third-order valence-corrected chi connectivity index (χ3v) is 3.60. The Kier molecular flexibility index (Phi) is 6.08. The number of likely N-dealkylation sites (N-methyl/N-ethyl adjacent to an activating group) is 1. The molecule has 6 heteroatoms. The molecule has 19 heavy (non-hydrogen) atoms. The predicted molar refractivity (Wildman–Crippen MR) is 71.0 cm³/mol. The molecule has 1 fully saturated rings. The monoisotopic (exact) mass is 272 g/mol. The summed E-state index contributed by atoms with van der Waals surface area (Å²) < 4.78 is 5.20. The second-order valence-corrected chi connectivity index (χ2v) is 4.88. The van der Waals surface area contributed by atoms with Crippen LogP contribution >= 0.6 is 0 Å². The van der Waals surface area contributed by atoms with E-state index in [4.69, 9.17) is 9.84 Å². The zero-order valence-electron chi connectivity index (χ0n) is 12.0. The minimum absolute atomic E-state index is 0.113. The number of carboxylic acids is 1. The fraction of sp³-hybridized carbons (Fsp3) is 0.846. The van der Waals surface area contributed by atoms with Gasteiger partial charge in [0.2, 0.25) is 0 Å². The quantitative estimate of drug-likeness (QED) is 0.790. The summed E-state index contributed by atoms with van der Waals surface area (Å²) in [6.45, 7) is 5.83. The van der Waals surface area contributed by atoms with E-state index < -0.39 is 11.9 Å². The minimum Gasteiger partial charge on any atom is -0.481 e. The standard InChI is InChI=1S/C13H24N2O4/c1-4-6-7-15(5-2)13(18)14(3)11-9-19-8-10(11)12(16)17/h10-11H,4-9H2,1-3H3,(H,16,17). The smallest absolute Gasteiger partial charge is 0.320 e. The number of amides is 2. The molecule has 0 aromatic carbocycles. The van der Waals surface area contributed by atoms with Crippen molar-refractivity contribution in [2.24, 2.45) is 5.92 Å². The van der Waals surface area contributed by atoms with E-state index in [0.717, 1.165) is 12.8 Å². The molecule has 6 nitrogen and oxygen atoms in total. The number of urea groups is 1. The Morgan fingerprint density at radius 3 is 2.53 bits per heavy atom. The highest BCUT2D eigenvalue weighted by atomic mass is 16.5. The molecule has 1 N–H and O–H groups in total. The molecule has 1 heterocycles. The van der Waals surface area contributed by atoms with Crippen LogP contribution in [0.2, 0.25) is 0 Å². The number of carbonyl (C=O) groups excluding carboxylic acids is 1. The zero-order chi connectivity index (χ0) is 14.4. The van der Waals surface area contributed by atoms with E-state index in [-0.39, 0.29) is 18.7 Å². The van der Waals surface area contributed by atoms with Crippen molar-refractivity contribution in [2.45, 2.75) is 32.7 Å². The third kappa shape index (κ3) is 3.83. The fourth-order valence-electron chi connectivity index (χ4n) is 2.26. The van der Waals surface area contributed by atoms with Crippen LogP contribution in [-0.2, 0) is 9.53 Å². The molecule has 0 aromatic heterocycles. The number of carboxylic acid groups (broad SMARTS) is 1. The molecule has 110 valence electrons. The van der Waals surface area contributed by atoms with Crippen molar-refractivity contribution in [3.8, 4) is 0 Å². The van der Waals surface area contributed by atoms with Gasteiger partial charge in [-0.3, -0.25) is 4.79 Å². The number of hydrogen-bond donors (Lipinski definition) is 1. The highest BCUT2D eigenvalue weighted by Crippen LogP contribution is 2.20. The molecule has 1 rings (SSSR count). The van der Waals surface area contributed by atoms with Crippen LogP contribution in [0.15, 0.2) is 0 Å². The van der Waals surface area contributed by atoms with Gasteiger partial charge >= 0.3 is 12.0 Å². The van der Waals surface area contributed by atoms with E-state index in [1.165, 1.54) is 4.90 Å². The van der Waals surface area contributed by atoms with Crippen LogP contribution in [0.1, 0.15) is 26.7 Å². The van der Waals surface area contributed by atoms with Crippen molar-refractivity contribution in [1.82, 2.24) is 9.80 Å². The lowest BCUT2D eigenvalue weighted by Gasteiger charge is -2.32.